The van der Waals surface area contributed by atoms with E-state index in [1.54, 1.807) is 0 Å². The quantitative estimate of drug-likeness (QED) is 0.343. The number of carbonyl (C=O) groups excluding carboxylic acids is 1. The Morgan fingerprint density at radius 1 is 1.08 bits per heavy atom. The van der Waals surface area contributed by atoms with Crippen LogP contribution >= 0.6 is 24.0 Å². The van der Waals surface area contributed by atoms with Gasteiger partial charge in [0.15, 0.2) is 5.96 Å². The molecule has 4 N–H and O–H groups in total. The Bertz CT molecular complexity index is 608. The predicted octanol–water partition coefficient (Wildman–Crippen LogP) is 4.17. The first kappa shape index (κ1) is 21.0. The Kier molecular flexibility index (Phi) is 8.68. The highest BCUT2D eigenvalue weighted by atomic mass is 127. The molecular weight excluding hydrogens is 439 g/mol. The maximum Gasteiger partial charge on any atom is 0.227 e. The van der Waals surface area contributed by atoms with Crippen molar-refractivity contribution >= 4 is 41.5 Å². The summed E-state index contributed by atoms with van der Waals surface area (Å²) in [7, 11) is 0. The number of benzene rings is 1. The Morgan fingerprint density at radius 2 is 1.77 bits per heavy atom. The molecule has 5 nitrogen and oxygen atoms in total. The molecule has 1 amide bonds. The first-order valence-electron chi connectivity index (χ1n) is 9.67. The summed E-state index contributed by atoms with van der Waals surface area (Å²) >= 11 is 0. The minimum absolute atomic E-state index is 0. The van der Waals surface area contributed by atoms with E-state index >= 15 is 0 Å². The van der Waals surface area contributed by atoms with Gasteiger partial charge in [-0.1, -0.05) is 44.2 Å². The Hall–Kier alpha value is -1.31. The van der Waals surface area contributed by atoms with Crippen LogP contribution in [0.2, 0.25) is 0 Å². The van der Waals surface area contributed by atoms with Gasteiger partial charge in [0, 0.05) is 17.6 Å². The van der Waals surface area contributed by atoms with Crippen molar-refractivity contribution in [2.24, 2.45) is 16.6 Å². The van der Waals surface area contributed by atoms with Crippen LogP contribution in [0.3, 0.4) is 0 Å². The van der Waals surface area contributed by atoms with Crippen LogP contribution in [0.15, 0.2) is 29.3 Å². The summed E-state index contributed by atoms with van der Waals surface area (Å²) in [5, 5.41) is 6.37. The molecule has 26 heavy (non-hydrogen) atoms. The lowest BCUT2D eigenvalue weighted by atomic mass is 9.96. The van der Waals surface area contributed by atoms with Crippen LogP contribution in [0.5, 0.6) is 0 Å². The summed E-state index contributed by atoms with van der Waals surface area (Å²) < 4.78 is 0. The third-order valence-electron chi connectivity index (χ3n) is 5.31. The van der Waals surface area contributed by atoms with Crippen molar-refractivity contribution in [3.8, 4) is 0 Å². The fraction of sp³-hybridized carbons (Fsp3) is 0.600. The molecule has 2 saturated carbocycles. The molecule has 0 aromatic heterocycles. The third kappa shape index (κ3) is 6.45. The normalized spacial score (nSPS) is 19.0. The molecule has 0 radical (unpaired) electrons. The lowest BCUT2D eigenvalue weighted by Crippen LogP contribution is -2.41. The number of nitrogens with two attached hydrogens (primary N) is 1. The van der Waals surface area contributed by atoms with E-state index in [-0.39, 0.29) is 35.8 Å². The molecule has 0 aliphatic heterocycles. The number of aliphatic imine (C=N–C) groups is 1. The second kappa shape index (κ2) is 10.7. The Labute approximate surface area is 173 Å². The molecule has 0 heterocycles. The number of nitrogens with zero attached hydrogens (tertiary/aromatic N) is 1. The first-order chi connectivity index (χ1) is 12.2. The summed E-state index contributed by atoms with van der Waals surface area (Å²) in [6.45, 7) is 0.526. The molecule has 6 heteroatoms. The van der Waals surface area contributed by atoms with E-state index < -0.39 is 0 Å². The number of hydrogen-bond acceptors (Lipinski definition) is 2. The van der Waals surface area contributed by atoms with Gasteiger partial charge in [-0.2, -0.15) is 0 Å². The van der Waals surface area contributed by atoms with Crippen molar-refractivity contribution in [2.75, 3.05) is 5.32 Å². The van der Waals surface area contributed by atoms with Gasteiger partial charge in [-0.25, -0.2) is 4.99 Å². The van der Waals surface area contributed by atoms with Crippen molar-refractivity contribution < 1.29 is 4.79 Å². The fourth-order valence-electron chi connectivity index (χ4n) is 3.86. The maximum absolute atomic E-state index is 12.2. The standard InChI is InChI=1S/C20H30N4O.HI/c21-20(24-17-10-2-1-3-11-17)22-14-15-7-6-12-18(13-15)23-19(25)16-8-4-5-9-16;/h6-7,12-13,16-17H,1-5,8-11,14H2,(H,23,25)(H3,21,22,24);1H. The van der Waals surface area contributed by atoms with Gasteiger partial charge in [-0.05, 0) is 43.4 Å². The second-order valence-corrected chi connectivity index (χ2v) is 7.35. The van der Waals surface area contributed by atoms with Crippen LogP contribution in [-0.2, 0) is 11.3 Å². The van der Waals surface area contributed by atoms with E-state index in [0.29, 0.717) is 18.5 Å². The van der Waals surface area contributed by atoms with Crippen LogP contribution in [-0.4, -0.2) is 17.9 Å². The summed E-state index contributed by atoms with van der Waals surface area (Å²) in [6.07, 6.45) is 10.6. The topological polar surface area (TPSA) is 79.5 Å². The van der Waals surface area contributed by atoms with Gasteiger partial charge in [0.1, 0.15) is 0 Å². The SMILES string of the molecule is I.NC(=NCc1cccc(NC(=O)C2CCCC2)c1)NC1CCCCC1. The zero-order chi connectivity index (χ0) is 17.5. The Balaban J connectivity index is 0.00000243. The molecule has 2 aliphatic rings. The molecule has 0 spiro atoms. The van der Waals surface area contributed by atoms with Gasteiger partial charge in [-0.3, -0.25) is 4.79 Å². The van der Waals surface area contributed by atoms with Crippen LogP contribution < -0.4 is 16.4 Å². The summed E-state index contributed by atoms with van der Waals surface area (Å²) in [4.78, 5) is 16.7. The van der Waals surface area contributed by atoms with Gasteiger partial charge in [0.2, 0.25) is 5.91 Å². The van der Waals surface area contributed by atoms with E-state index in [0.717, 1.165) is 24.1 Å². The smallest absolute Gasteiger partial charge is 0.227 e. The van der Waals surface area contributed by atoms with E-state index in [2.05, 4.69) is 15.6 Å². The van der Waals surface area contributed by atoms with Crippen molar-refractivity contribution in [1.82, 2.24) is 5.32 Å². The molecule has 0 saturated heterocycles. The number of halogens is 1. The van der Waals surface area contributed by atoms with Crippen LogP contribution in [0.25, 0.3) is 0 Å². The monoisotopic (exact) mass is 470 g/mol. The van der Waals surface area contributed by atoms with Gasteiger partial charge >= 0.3 is 0 Å². The largest absolute Gasteiger partial charge is 0.370 e. The van der Waals surface area contributed by atoms with Crippen molar-refractivity contribution in [3.05, 3.63) is 29.8 Å². The Morgan fingerprint density at radius 3 is 2.50 bits per heavy atom. The molecule has 0 atom stereocenters. The van der Waals surface area contributed by atoms with Crippen molar-refractivity contribution in [1.29, 1.82) is 0 Å². The molecule has 1 aromatic rings. The number of hydrogen-bond donors (Lipinski definition) is 3. The predicted molar refractivity (Wildman–Crippen MR) is 118 cm³/mol. The van der Waals surface area contributed by atoms with E-state index in [4.69, 9.17) is 5.73 Å². The molecule has 144 valence electrons. The second-order valence-electron chi connectivity index (χ2n) is 7.35. The van der Waals surface area contributed by atoms with Crippen LogP contribution in [0.4, 0.5) is 5.69 Å². The van der Waals surface area contributed by atoms with Gasteiger partial charge < -0.3 is 16.4 Å². The maximum atomic E-state index is 12.2. The first-order valence-corrected chi connectivity index (χ1v) is 9.67. The van der Waals surface area contributed by atoms with Crippen molar-refractivity contribution in [3.63, 3.8) is 0 Å². The minimum Gasteiger partial charge on any atom is -0.370 e. The molecule has 2 fully saturated rings. The number of anilines is 1. The minimum atomic E-state index is 0. The summed E-state index contributed by atoms with van der Waals surface area (Å²) in [5.74, 6) is 0.848. The van der Waals surface area contributed by atoms with E-state index in [1.807, 2.05) is 24.3 Å². The zero-order valence-corrected chi connectivity index (χ0v) is 17.7. The molecule has 3 rings (SSSR count). The number of guanidine groups is 1. The highest BCUT2D eigenvalue weighted by molar-refractivity contribution is 14.0. The highest BCUT2D eigenvalue weighted by Gasteiger charge is 2.22. The molecule has 1 aromatic carbocycles. The molecule has 0 bridgehead atoms. The average molecular weight is 470 g/mol. The van der Waals surface area contributed by atoms with Crippen LogP contribution in [0.1, 0.15) is 63.4 Å². The van der Waals surface area contributed by atoms with Gasteiger partial charge in [0.05, 0.1) is 6.54 Å². The lowest BCUT2D eigenvalue weighted by Gasteiger charge is -2.23. The average Bonchev–Trinajstić information content (AvgIpc) is 3.16. The number of nitrogens with one attached hydrogen (secondary N) is 2. The zero-order valence-electron chi connectivity index (χ0n) is 15.4. The van der Waals surface area contributed by atoms with Crippen LogP contribution in [0, 0.1) is 5.92 Å². The highest BCUT2D eigenvalue weighted by Crippen LogP contribution is 2.26. The third-order valence-corrected chi connectivity index (χ3v) is 5.31. The van der Waals surface area contributed by atoms with Gasteiger partial charge in [0.25, 0.3) is 0 Å². The molecule has 0 unspecified atom stereocenters. The molecular formula is C20H31IN4O. The van der Waals surface area contributed by atoms with Crippen molar-refractivity contribution in [2.45, 2.75) is 70.4 Å². The summed E-state index contributed by atoms with van der Waals surface area (Å²) in [6, 6.07) is 8.37. The van der Waals surface area contributed by atoms with E-state index in [1.165, 1.54) is 44.9 Å². The van der Waals surface area contributed by atoms with Gasteiger partial charge in [-0.15, -0.1) is 24.0 Å². The number of rotatable bonds is 5. The molecule has 2 aliphatic carbocycles. The van der Waals surface area contributed by atoms with E-state index in [9.17, 15) is 4.79 Å². The number of amides is 1. The summed E-state index contributed by atoms with van der Waals surface area (Å²) in [5.41, 5.74) is 7.93. The lowest BCUT2D eigenvalue weighted by molar-refractivity contribution is -0.119. The number of carbonyl (C=O) groups is 1. The fourth-order valence-corrected chi connectivity index (χ4v) is 3.86.